The molecule has 1 aromatic carbocycles. The highest BCUT2D eigenvalue weighted by Gasteiger charge is 2.32. The van der Waals surface area contributed by atoms with Gasteiger partial charge in [-0.2, -0.15) is 0 Å². The lowest BCUT2D eigenvalue weighted by Gasteiger charge is -2.34. The minimum absolute atomic E-state index is 0.00595. The molecule has 2 unspecified atom stereocenters. The number of esters is 1. The monoisotopic (exact) mass is 981 g/mol. The Morgan fingerprint density at radius 1 is 0.925 bits per heavy atom. The molecule has 0 fully saturated rings. The summed E-state index contributed by atoms with van der Waals surface area (Å²) in [5.74, 6) is -4.84. The predicted octanol–water partition coefficient (Wildman–Crippen LogP) is 4.28. The molecule has 3 rings (SSSR count). The Balaban J connectivity index is 1.66. The number of aliphatic carboxylic acids is 1. The molecule has 0 saturated heterocycles. The van der Waals surface area contributed by atoms with Gasteiger partial charge in [0.05, 0.1) is 64.2 Å². The second-order valence-electron chi connectivity index (χ2n) is 16.5. The number of nitrogens with one attached hydrogen (secondary N) is 2. The number of phosphoric ester groups is 1. The number of thiazole rings is 1. The topological polar surface area (TPSA) is 287 Å². The maximum absolute atomic E-state index is 13.7. The van der Waals surface area contributed by atoms with Gasteiger partial charge in [0.25, 0.3) is 17.7 Å². The number of imide groups is 1. The van der Waals surface area contributed by atoms with Gasteiger partial charge < -0.3 is 44.1 Å². The van der Waals surface area contributed by atoms with Gasteiger partial charge >= 0.3 is 19.8 Å². The van der Waals surface area contributed by atoms with Crippen molar-refractivity contribution in [2.75, 3.05) is 58.6 Å². The number of carbonyl (C=O) groups is 7. The van der Waals surface area contributed by atoms with E-state index >= 15 is 0 Å². The summed E-state index contributed by atoms with van der Waals surface area (Å²) in [5, 5.41) is 17.0. The molecule has 0 saturated carbocycles. The zero-order valence-corrected chi connectivity index (χ0v) is 40.7. The van der Waals surface area contributed by atoms with Crippen LogP contribution in [0.15, 0.2) is 35.7 Å². The van der Waals surface area contributed by atoms with Crippen molar-refractivity contribution in [3.8, 4) is 5.75 Å². The molecule has 5 N–H and O–H groups in total. The maximum atomic E-state index is 13.7. The van der Waals surface area contributed by atoms with Crippen molar-refractivity contribution in [2.45, 2.75) is 98.3 Å². The number of hydrogen-bond acceptors (Lipinski definition) is 15. The van der Waals surface area contributed by atoms with Crippen LogP contribution in [0.3, 0.4) is 0 Å². The van der Waals surface area contributed by atoms with Crippen LogP contribution < -0.4 is 15.2 Å². The second-order valence-corrected chi connectivity index (χ2v) is 18.6. The van der Waals surface area contributed by atoms with Gasteiger partial charge in [-0.15, -0.1) is 11.3 Å². The fraction of sp³-hybridized carbons (Fsp3) is 0.591. The van der Waals surface area contributed by atoms with E-state index in [0.29, 0.717) is 17.0 Å². The summed E-state index contributed by atoms with van der Waals surface area (Å²) in [6.07, 6.45) is 2.74. The summed E-state index contributed by atoms with van der Waals surface area (Å²) in [6.45, 7) is 11.6. The third kappa shape index (κ3) is 20.0. The lowest BCUT2D eigenvalue weighted by Crippen LogP contribution is -2.42. The highest BCUT2D eigenvalue weighted by atomic mass is 32.1. The van der Waals surface area contributed by atoms with Crippen LogP contribution in [0, 0.1) is 17.8 Å². The lowest BCUT2D eigenvalue weighted by atomic mass is 9.95. The van der Waals surface area contributed by atoms with E-state index in [-0.39, 0.29) is 113 Å². The maximum Gasteiger partial charge on any atom is 0.524 e. The minimum atomic E-state index is -5.09. The molecule has 5 amide bonds. The molecule has 21 nitrogen and oxygen atoms in total. The van der Waals surface area contributed by atoms with Crippen molar-refractivity contribution < 1.29 is 76.5 Å². The number of anilines is 1. The molecule has 1 aliphatic heterocycles. The highest BCUT2D eigenvalue weighted by Crippen LogP contribution is 2.41. The number of benzene rings is 1. The van der Waals surface area contributed by atoms with Crippen LogP contribution in [0.4, 0.5) is 5.69 Å². The summed E-state index contributed by atoms with van der Waals surface area (Å²) in [4.78, 5) is 114. The van der Waals surface area contributed by atoms with Crippen molar-refractivity contribution in [2.24, 2.45) is 17.8 Å². The number of nitrogens with zero attached hydrogens (tertiary/aromatic N) is 3. The number of phosphoric acid groups is 1. The molecule has 372 valence electrons. The third-order valence-corrected chi connectivity index (χ3v) is 12.0. The Morgan fingerprint density at radius 2 is 1.55 bits per heavy atom. The molecule has 0 bridgehead atoms. The van der Waals surface area contributed by atoms with Crippen LogP contribution in [0.1, 0.15) is 101 Å². The summed E-state index contributed by atoms with van der Waals surface area (Å²) in [7, 11) is -3.36. The molecule has 1 aliphatic rings. The number of ether oxygens (including phenoxy) is 4. The molecule has 5 atom stereocenters. The molecular formula is C44H64N5O16PS. The number of carboxylic acids is 1. The first kappa shape index (κ1) is 56.2. The summed E-state index contributed by atoms with van der Waals surface area (Å²) >= 11 is 1.09. The number of carbonyl (C=O) groups excluding carboxylic acids is 6. The first-order valence-electron chi connectivity index (χ1n) is 21.9. The van der Waals surface area contributed by atoms with E-state index in [9.17, 15) is 53.0 Å². The Kier molecular flexibility index (Phi) is 23.2. The third-order valence-electron chi connectivity index (χ3n) is 10.7. The van der Waals surface area contributed by atoms with E-state index in [1.54, 1.807) is 11.9 Å². The van der Waals surface area contributed by atoms with Crippen molar-refractivity contribution >= 4 is 66.3 Å². The Labute approximate surface area is 394 Å². The van der Waals surface area contributed by atoms with Crippen molar-refractivity contribution in [1.29, 1.82) is 0 Å². The van der Waals surface area contributed by atoms with Crippen LogP contribution in [0.5, 0.6) is 5.75 Å². The summed E-state index contributed by atoms with van der Waals surface area (Å²) in [5.41, 5.74) is 0.311. The average molecular weight is 982 g/mol. The van der Waals surface area contributed by atoms with Crippen LogP contribution in [0.25, 0.3) is 0 Å². The molecule has 0 radical (unpaired) electrons. The average Bonchev–Trinajstić information content (AvgIpc) is 3.87. The van der Waals surface area contributed by atoms with Gasteiger partial charge in [0.15, 0.2) is 11.9 Å². The first-order valence-corrected chi connectivity index (χ1v) is 24.4. The number of rotatable bonds is 31. The molecule has 1 aromatic heterocycles. The van der Waals surface area contributed by atoms with Crippen molar-refractivity contribution in [3.63, 3.8) is 0 Å². The van der Waals surface area contributed by atoms with Crippen LogP contribution in [-0.2, 0) is 58.7 Å². The van der Waals surface area contributed by atoms with Gasteiger partial charge in [-0.3, -0.25) is 48.2 Å². The van der Waals surface area contributed by atoms with E-state index in [1.165, 1.54) is 49.6 Å². The van der Waals surface area contributed by atoms with E-state index in [4.69, 9.17) is 23.5 Å². The molecule has 2 aromatic rings. The van der Waals surface area contributed by atoms with Crippen molar-refractivity contribution in [3.05, 3.63) is 52.0 Å². The van der Waals surface area contributed by atoms with Gasteiger partial charge in [-0.1, -0.05) is 47.1 Å². The zero-order valence-electron chi connectivity index (χ0n) is 39.0. The van der Waals surface area contributed by atoms with Gasteiger partial charge in [-0.25, -0.2) is 9.55 Å². The van der Waals surface area contributed by atoms with Gasteiger partial charge in [0.2, 0.25) is 11.8 Å². The van der Waals surface area contributed by atoms with Gasteiger partial charge in [0.1, 0.15) is 10.7 Å². The fourth-order valence-corrected chi connectivity index (χ4v) is 8.06. The first-order chi connectivity index (χ1) is 31.6. The van der Waals surface area contributed by atoms with E-state index in [0.717, 1.165) is 22.7 Å². The molecule has 0 aliphatic carbocycles. The standard InChI is InChI=1S/C44H64N5O16PS/c1-8-28(4)21-41(54)48(7)35(27(2)3)25-37(64-30(6)50)43-47-34(26-67-43)42(55)45-32(22-29(5)44(56)57)23-31-9-10-36(65-66(58,59)60)33(24-31)46-38(51)13-15-61-17-19-63-20-18-62-16-14-49-39(52)11-12-40(49)53/h9-12,24,26-29,32,35,37H,8,13-23,25H2,1-7H3,(H,45,55)(H,46,51)(H,56,57)(H2,58,59,60)/t28-,29?,32+,35?,37+/m0/s1. The SMILES string of the molecule is CC[C@H](C)CC(=O)N(C)C(C[C@@H](OC(C)=O)c1nc(C(=O)N[C@@H](Cc2ccc(OP(=O)(O)O)c(NC(=O)CCOCCOCCOCCN3C(=O)C=CC3=O)c2)CC(C)C(=O)O)cs1)C(C)C. The fourth-order valence-electron chi connectivity index (χ4n) is 6.81. The van der Waals surface area contributed by atoms with Crippen molar-refractivity contribution in [1.82, 2.24) is 20.1 Å². The molecular weight excluding hydrogens is 918 g/mol. The zero-order chi connectivity index (χ0) is 49.8. The normalized spacial score (nSPS) is 14.9. The minimum Gasteiger partial charge on any atom is -0.481 e. The van der Waals surface area contributed by atoms with Gasteiger partial charge in [-0.05, 0) is 42.4 Å². The predicted molar refractivity (Wildman–Crippen MR) is 244 cm³/mol. The van der Waals surface area contributed by atoms with E-state index < -0.39 is 61.5 Å². The quantitative estimate of drug-likeness (QED) is 0.0305. The Bertz CT molecular complexity index is 2070. The Hall–Kier alpha value is -5.09. The number of hydrogen-bond donors (Lipinski definition) is 5. The Morgan fingerprint density at radius 3 is 2.13 bits per heavy atom. The van der Waals surface area contributed by atoms with E-state index in [2.05, 4.69) is 15.6 Å². The molecule has 23 heteroatoms. The molecule has 67 heavy (non-hydrogen) atoms. The number of aromatic nitrogens is 1. The lowest BCUT2D eigenvalue weighted by molar-refractivity contribution is -0.148. The largest absolute Gasteiger partial charge is 0.524 e. The van der Waals surface area contributed by atoms with Crippen LogP contribution in [-0.4, -0.2) is 136 Å². The van der Waals surface area contributed by atoms with Crippen LogP contribution >= 0.6 is 19.2 Å². The summed E-state index contributed by atoms with van der Waals surface area (Å²) in [6, 6.07) is 2.92. The number of amides is 5. The second kappa shape index (κ2) is 27.7. The van der Waals surface area contributed by atoms with E-state index in [1.807, 2.05) is 27.7 Å². The molecule has 0 spiro atoms. The molecule has 2 heterocycles. The number of carboxylic acid groups (broad SMARTS) is 1. The smallest absolute Gasteiger partial charge is 0.481 e. The summed E-state index contributed by atoms with van der Waals surface area (Å²) < 4.78 is 38.6. The van der Waals surface area contributed by atoms with Crippen LogP contribution in [0.2, 0.25) is 0 Å². The van der Waals surface area contributed by atoms with Gasteiger partial charge in [0, 0.05) is 56.4 Å². The highest BCUT2D eigenvalue weighted by molar-refractivity contribution is 7.46.